The molecular weight excluding hydrogens is 604 g/mol. The minimum atomic E-state index is -1.87. The lowest BCUT2D eigenvalue weighted by Gasteiger charge is -2.58. The van der Waals surface area contributed by atoms with E-state index in [1.807, 2.05) is 9.80 Å². The van der Waals surface area contributed by atoms with Crippen molar-refractivity contribution >= 4 is 23.5 Å². The average Bonchev–Trinajstić information content (AvgIpc) is 3.06. The Labute approximate surface area is 265 Å². The number of rotatable bonds is 5. The van der Waals surface area contributed by atoms with Gasteiger partial charge in [-0.25, -0.2) is 23.4 Å². The first-order valence-electron chi connectivity index (χ1n) is 15.7. The minimum absolute atomic E-state index is 0.0141. The van der Waals surface area contributed by atoms with Gasteiger partial charge < -0.3 is 19.1 Å². The second kappa shape index (κ2) is 12.2. The van der Waals surface area contributed by atoms with Crippen molar-refractivity contribution in [2.45, 2.75) is 38.5 Å². The summed E-state index contributed by atoms with van der Waals surface area (Å²) in [6.07, 6.45) is 2.71. The van der Waals surface area contributed by atoms with E-state index in [1.54, 1.807) is 18.7 Å². The maximum atomic E-state index is 16.3. The van der Waals surface area contributed by atoms with Crippen molar-refractivity contribution in [1.82, 2.24) is 29.6 Å². The Balaban J connectivity index is 1.39. The Morgan fingerprint density at radius 1 is 0.891 bits per heavy atom. The van der Waals surface area contributed by atoms with Crippen LogP contribution in [0.25, 0.3) is 11.3 Å². The summed E-state index contributed by atoms with van der Waals surface area (Å²) in [6, 6.07) is -0.268. The van der Waals surface area contributed by atoms with Crippen molar-refractivity contribution in [3.05, 3.63) is 41.9 Å². The lowest BCUT2D eigenvalue weighted by atomic mass is 9.65. The van der Waals surface area contributed by atoms with E-state index < -0.39 is 53.1 Å². The molecule has 4 amide bonds. The smallest absolute Gasteiger partial charge is 0.335 e. The van der Waals surface area contributed by atoms with Gasteiger partial charge in [-0.1, -0.05) is 0 Å². The zero-order valence-electron chi connectivity index (χ0n) is 25.9. The highest BCUT2D eigenvalue weighted by molar-refractivity contribution is 6.20. The van der Waals surface area contributed by atoms with Crippen LogP contribution < -0.4 is 4.90 Å². The third-order valence-electron chi connectivity index (χ3n) is 9.65. The predicted molar refractivity (Wildman–Crippen MR) is 158 cm³/mol. The number of carbonyl (C=O) groups is 3. The van der Waals surface area contributed by atoms with Crippen molar-refractivity contribution in [3.63, 3.8) is 0 Å². The molecule has 7 rings (SSSR count). The van der Waals surface area contributed by atoms with Gasteiger partial charge in [-0.3, -0.25) is 29.4 Å². The molecule has 4 saturated heterocycles. The van der Waals surface area contributed by atoms with E-state index in [1.165, 1.54) is 24.7 Å². The molecule has 5 aliphatic rings. The second-order valence-electron chi connectivity index (χ2n) is 12.5. The van der Waals surface area contributed by atoms with Crippen LogP contribution in [0, 0.1) is 17.0 Å². The van der Waals surface area contributed by atoms with Crippen LogP contribution in [0.15, 0.2) is 24.7 Å². The van der Waals surface area contributed by atoms with E-state index in [0.717, 1.165) is 9.80 Å². The van der Waals surface area contributed by atoms with Gasteiger partial charge in [0.2, 0.25) is 11.8 Å². The lowest BCUT2D eigenvalue weighted by molar-refractivity contribution is -0.171. The van der Waals surface area contributed by atoms with Crippen LogP contribution in [0.2, 0.25) is 0 Å². The van der Waals surface area contributed by atoms with Gasteiger partial charge in [0.25, 0.3) is 0 Å². The molecule has 15 heteroatoms. The van der Waals surface area contributed by atoms with Gasteiger partial charge in [-0.15, -0.1) is 0 Å². The summed E-state index contributed by atoms with van der Waals surface area (Å²) in [5.74, 6) is -3.55. The summed E-state index contributed by atoms with van der Waals surface area (Å²) in [5.41, 5.74) is -1.64. The van der Waals surface area contributed by atoms with Gasteiger partial charge in [0.1, 0.15) is 0 Å². The second-order valence-corrected chi connectivity index (χ2v) is 12.5. The van der Waals surface area contributed by atoms with Crippen LogP contribution in [-0.2, 0) is 30.2 Å². The van der Waals surface area contributed by atoms with Gasteiger partial charge in [-0.2, -0.15) is 0 Å². The third-order valence-corrected chi connectivity index (χ3v) is 9.65. The van der Waals surface area contributed by atoms with Gasteiger partial charge in [0.05, 0.1) is 75.6 Å². The van der Waals surface area contributed by atoms with E-state index in [2.05, 4.69) is 9.97 Å². The molecule has 1 spiro atoms. The molecule has 3 atom stereocenters. The van der Waals surface area contributed by atoms with E-state index >= 15 is 8.78 Å². The summed E-state index contributed by atoms with van der Waals surface area (Å²) in [7, 11) is 0. The number of benzene rings is 1. The summed E-state index contributed by atoms with van der Waals surface area (Å²) in [4.78, 5) is 59.9. The van der Waals surface area contributed by atoms with Gasteiger partial charge in [0.15, 0.2) is 17.0 Å². The van der Waals surface area contributed by atoms with Crippen LogP contribution >= 0.6 is 0 Å². The van der Waals surface area contributed by atoms with E-state index in [-0.39, 0.29) is 48.8 Å². The fourth-order valence-corrected chi connectivity index (χ4v) is 7.60. The van der Waals surface area contributed by atoms with E-state index in [0.29, 0.717) is 52.6 Å². The zero-order chi connectivity index (χ0) is 32.2. The molecule has 0 N–H and O–H groups in total. The Morgan fingerprint density at radius 2 is 1.50 bits per heavy atom. The molecular formula is C31H37F2N7O6. The number of hydrogen-bond donors (Lipinski definition) is 0. The molecule has 0 saturated carbocycles. The monoisotopic (exact) mass is 641 g/mol. The largest absolute Gasteiger partial charge is 0.379 e. The number of anilines is 1. The van der Waals surface area contributed by atoms with Crippen molar-refractivity contribution in [3.8, 4) is 11.3 Å². The normalized spacial score (nSPS) is 27.3. The molecule has 0 bridgehead atoms. The maximum absolute atomic E-state index is 16.3. The number of barbiturate groups is 1. The van der Waals surface area contributed by atoms with Crippen LogP contribution in [0.3, 0.4) is 0 Å². The molecule has 246 valence electrons. The van der Waals surface area contributed by atoms with Crippen LogP contribution in [0.1, 0.15) is 19.4 Å². The molecule has 0 aliphatic carbocycles. The number of ether oxygens (including phenoxy) is 3. The number of amides is 4. The standard InChI is InChI=1S/C31H37F2N7O6/c1-19-16-38-26-21(13-22(24(32)25(26)33)23-15-34-3-4-35-23)14-31(27(38)20(2)46-19)28(41)39(17-36-5-9-44-10-6-36)30(43)40(29(31)42)18-37-7-11-45-12-8-37/h3-4,13,15,19-20,27H,5-12,14,16-18H2,1-2H3/t19-,20+,27-/m1/s1. The van der Waals surface area contributed by atoms with E-state index in [9.17, 15) is 14.4 Å². The van der Waals surface area contributed by atoms with Crippen LogP contribution in [-0.4, -0.2) is 138 Å². The Morgan fingerprint density at radius 3 is 2.07 bits per heavy atom. The van der Waals surface area contributed by atoms with Crippen LogP contribution in [0.4, 0.5) is 19.3 Å². The Kier molecular flexibility index (Phi) is 8.21. The first-order valence-corrected chi connectivity index (χ1v) is 15.7. The molecule has 46 heavy (non-hydrogen) atoms. The molecule has 5 aliphatic heterocycles. The zero-order valence-corrected chi connectivity index (χ0v) is 25.9. The van der Waals surface area contributed by atoms with Crippen molar-refractivity contribution in [1.29, 1.82) is 0 Å². The Hall–Kier alpha value is -3.63. The maximum Gasteiger partial charge on any atom is 0.335 e. The number of aromatic nitrogens is 2. The fraction of sp³-hybridized carbons (Fsp3) is 0.581. The van der Waals surface area contributed by atoms with Gasteiger partial charge in [0, 0.05) is 57.1 Å². The quantitative estimate of drug-likeness (QED) is 0.440. The number of urea groups is 1. The highest BCUT2D eigenvalue weighted by atomic mass is 19.2. The highest BCUT2D eigenvalue weighted by Crippen LogP contribution is 2.51. The first kappa shape index (κ1) is 31.0. The van der Waals surface area contributed by atoms with Crippen molar-refractivity contribution in [2.75, 3.05) is 77.4 Å². The van der Waals surface area contributed by atoms with Gasteiger partial charge in [-0.05, 0) is 25.5 Å². The molecule has 1 aromatic heterocycles. The number of imide groups is 2. The number of carbonyl (C=O) groups excluding carboxylic acids is 3. The number of halogens is 2. The molecule has 2 aromatic rings. The highest BCUT2D eigenvalue weighted by Gasteiger charge is 2.67. The Bertz CT molecular complexity index is 1480. The topological polar surface area (TPSA) is 121 Å². The number of fused-ring (bicyclic) bond motifs is 4. The predicted octanol–water partition coefficient (Wildman–Crippen LogP) is 1.32. The summed E-state index contributed by atoms with van der Waals surface area (Å²) >= 11 is 0. The summed E-state index contributed by atoms with van der Waals surface area (Å²) in [5, 5.41) is 0. The molecule has 6 heterocycles. The summed E-state index contributed by atoms with van der Waals surface area (Å²) in [6.45, 7) is 7.36. The first-order chi connectivity index (χ1) is 22.2. The molecule has 0 unspecified atom stereocenters. The number of hydrogen-bond acceptors (Lipinski definition) is 11. The fourth-order valence-electron chi connectivity index (χ4n) is 7.60. The SMILES string of the molecule is C[C@@H]1CN2c3c(cc(-c4cnccn4)c(F)c3F)CC3(C(=O)N(CN4CCOCC4)C(=O)N(CN4CCOCC4)C3=O)[C@H]2[C@H](C)O1. The van der Waals surface area contributed by atoms with Crippen molar-refractivity contribution in [2.24, 2.45) is 5.41 Å². The third kappa shape index (κ3) is 5.04. The number of nitrogens with zero attached hydrogens (tertiary/aromatic N) is 7. The van der Waals surface area contributed by atoms with Crippen LogP contribution in [0.5, 0.6) is 0 Å². The van der Waals surface area contributed by atoms with Crippen molar-refractivity contribution < 1.29 is 37.4 Å². The average molecular weight is 642 g/mol. The molecule has 0 radical (unpaired) electrons. The van der Waals surface area contributed by atoms with E-state index in [4.69, 9.17) is 14.2 Å². The minimum Gasteiger partial charge on any atom is -0.379 e. The molecule has 13 nitrogen and oxygen atoms in total. The molecule has 4 fully saturated rings. The molecule has 1 aromatic carbocycles. The number of morpholine rings is 3. The lowest BCUT2D eigenvalue weighted by Crippen LogP contribution is -2.77. The summed E-state index contributed by atoms with van der Waals surface area (Å²) < 4.78 is 49.2. The van der Waals surface area contributed by atoms with Gasteiger partial charge >= 0.3 is 6.03 Å².